The first-order chi connectivity index (χ1) is 9.72. The lowest BCUT2D eigenvalue weighted by Gasteiger charge is -2.05. The van der Waals surface area contributed by atoms with E-state index in [-0.39, 0.29) is 5.97 Å². The fourth-order valence-electron chi connectivity index (χ4n) is 1.83. The molecule has 0 aliphatic heterocycles. The first kappa shape index (κ1) is 13.9. The summed E-state index contributed by atoms with van der Waals surface area (Å²) in [6.45, 7) is 0. The van der Waals surface area contributed by atoms with E-state index < -0.39 is 0 Å². The van der Waals surface area contributed by atoms with Crippen molar-refractivity contribution in [1.29, 1.82) is 0 Å². The Balaban J connectivity index is 2.31. The van der Waals surface area contributed by atoms with Crippen LogP contribution < -0.4 is 4.74 Å². The van der Waals surface area contributed by atoms with Crippen LogP contribution in [0.5, 0.6) is 5.75 Å². The van der Waals surface area contributed by atoms with Crippen LogP contribution in [0.2, 0.25) is 0 Å². The predicted molar refractivity (Wildman–Crippen MR) is 79.7 cm³/mol. The van der Waals surface area contributed by atoms with Crippen LogP contribution >= 0.6 is 0 Å². The fourth-order valence-corrected chi connectivity index (χ4v) is 1.83. The second-order valence-electron chi connectivity index (χ2n) is 4.23. The first-order valence-corrected chi connectivity index (χ1v) is 6.23. The van der Waals surface area contributed by atoms with Crippen molar-refractivity contribution in [2.24, 2.45) is 0 Å². The Bertz CT molecular complexity index is 615. The Labute approximate surface area is 118 Å². The summed E-state index contributed by atoms with van der Waals surface area (Å²) in [5.41, 5.74) is 2.45. The average molecular weight is 268 g/mol. The van der Waals surface area contributed by atoms with Gasteiger partial charge < -0.3 is 9.47 Å². The van der Waals surface area contributed by atoms with Crippen molar-refractivity contribution >= 4 is 18.1 Å². The minimum atomic E-state index is -0.377. The van der Waals surface area contributed by atoms with Crippen molar-refractivity contribution in [3.05, 3.63) is 65.2 Å². The Morgan fingerprint density at radius 2 is 1.65 bits per heavy atom. The molecule has 0 aliphatic carbocycles. The second-order valence-corrected chi connectivity index (χ2v) is 4.23. The highest BCUT2D eigenvalue weighted by atomic mass is 16.5. The van der Waals surface area contributed by atoms with Crippen molar-refractivity contribution in [2.45, 2.75) is 0 Å². The van der Waals surface area contributed by atoms with Gasteiger partial charge in [0.15, 0.2) is 0 Å². The van der Waals surface area contributed by atoms with E-state index in [2.05, 4.69) is 0 Å². The van der Waals surface area contributed by atoms with Crippen LogP contribution in [0, 0.1) is 0 Å². The van der Waals surface area contributed by atoms with Crippen LogP contribution in [0.15, 0.2) is 48.5 Å². The van der Waals surface area contributed by atoms with Gasteiger partial charge in [0.25, 0.3) is 0 Å². The fraction of sp³-hybridized carbons (Fsp3) is 0.118. The topological polar surface area (TPSA) is 35.5 Å². The molecule has 0 heterocycles. The van der Waals surface area contributed by atoms with Crippen LogP contribution in [0.25, 0.3) is 12.2 Å². The van der Waals surface area contributed by atoms with E-state index in [1.165, 1.54) is 7.11 Å². The van der Waals surface area contributed by atoms with Crippen molar-refractivity contribution in [3.8, 4) is 5.75 Å². The zero-order chi connectivity index (χ0) is 14.4. The molecule has 3 nitrogen and oxygen atoms in total. The molecule has 2 aromatic carbocycles. The number of hydrogen-bond donors (Lipinski definition) is 0. The summed E-state index contributed by atoms with van der Waals surface area (Å²) in [5, 5.41) is 0. The molecule has 0 unspecified atom stereocenters. The van der Waals surface area contributed by atoms with Gasteiger partial charge in [-0.2, -0.15) is 0 Å². The molecule has 0 N–H and O–H groups in total. The van der Waals surface area contributed by atoms with Crippen LogP contribution in [0.1, 0.15) is 21.5 Å². The molecule has 0 aromatic heterocycles. The molecular weight excluding hydrogens is 252 g/mol. The van der Waals surface area contributed by atoms with Crippen molar-refractivity contribution < 1.29 is 14.3 Å². The molecule has 102 valence electrons. The molecule has 20 heavy (non-hydrogen) atoms. The van der Waals surface area contributed by atoms with E-state index in [4.69, 9.17) is 9.47 Å². The predicted octanol–water partition coefficient (Wildman–Crippen LogP) is 3.65. The van der Waals surface area contributed by atoms with Gasteiger partial charge in [-0.3, -0.25) is 0 Å². The quantitative estimate of drug-likeness (QED) is 0.627. The molecule has 0 bridgehead atoms. The van der Waals surface area contributed by atoms with Gasteiger partial charge in [0.1, 0.15) is 5.75 Å². The minimum Gasteiger partial charge on any atom is -0.497 e. The summed E-state index contributed by atoms with van der Waals surface area (Å²) in [6, 6.07) is 15.2. The lowest BCUT2D eigenvalue weighted by atomic mass is 10.1. The van der Waals surface area contributed by atoms with Crippen LogP contribution in [-0.2, 0) is 4.74 Å². The number of ether oxygens (including phenoxy) is 2. The molecule has 0 saturated carbocycles. The van der Waals surface area contributed by atoms with Crippen molar-refractivity contribution in [2.75, 3.05) is 14.2 Å². The number of carbonyl (C=O) groups excluding carboxylic acids is 1. The average Bonchev–Trinajstić information content (AvgIpc) is 2.52. The Hall–Kier alpha value is -2.55. The zero-order valence-electron chi connectivity index (χ0n) is 11.5. The molecular formula is C17H16O3. The van der Waals surface area contributed by atoms with Gasteiger partial charge in [-0.25, -0.2) is 4.79 Å². The van der Waals surface area contributed by atoms with E-state index in [1.54, 1.807) is 19.2 Å². The third-order valence-electron chi connectivity index (χ3n) is 2.85. The highest BCUT2D eigenvalue weighted by Crippen LogP contribution is 2.19. The van der Waals surface area contributed by atoms with E-state index in [0.29, 0.717) is 11.3 Å². The maximum absolute atomic E-state index is 11.6. The lowest BCUT2D eigenvalue weighted by Crippen LogP contribution is -2.01. The number of esters is 1. The summed E-state index contributed by atoms with van der Waals surface area (Å²) in [7, 11) is 2.93. The Morgan fingerprint density at radius 1 is 0.950 bits per heavy atom. The molecule has 0 spiro atoms. The van der Waals surface area contributed by atoms with Gasteiger partial charge in [-0.05, 0) is 29.3 Å². The third kappa shape index (κ3) is 3.48. The molecule has 0 aliphatic rings. The van der Waals surface area contributed by atoms with Crippen LogP contribution in [0.3, 0.4) is 0 Å². The number of benzene rings is 2. The number of rotatable bonds is 4. The van der Waals surface area contributed by atoms with Gasteiger partial charge in [0, 0.05) is 0 Å². The third-order valence-corrected chi connectivity index (χ3v) is 2.85. The molecule has 0 saturated heterocycles. The number of methoxy groups -OCH3 is 2. The molecule has 3 heteroatoms. The van der Waals surface area contributed by atoms with Gasteiger partial charge in [0.2, 0.25) is 0 Å². The van der Waals surface area contributed by atoms with Crippen LogP contribution in [-0.4, -0.2) is 20.2 Å². The maximum Gasteiger partial charge on any atom is 0.338 e. The largest absolute Gasteiger partial charge is 0.497 e. The van der Waals surface area contributed by atoms with E-state index >= 15 is 0 Å². The van der Waals surface area contributed by atoms with E-state index in [9.17, 15) is 4.79 Å². The summed E-state index contributed by atoms with van der Waals surface area (Å²) in [5.74, 6) is 0.249. The van der Waals surface area contributed by atoms with Crippen LogP contribution in [0.4, 0.5) is 0 Å². The second kappa shape index (κ2) is 6.57. The smallest absolute Gasteiger partial charge is 0.338 e. The normalized spacial score (nSPS) is 10.5. The highest BCUT2D eigenvalue weighted by molar-refractivity contribution is 5.91. The zero-order valence-corrected chi connectivity index (χ0v) is 11.5. The van der Waals surface area contributed by atoms with Gasteiger partial charge in [-0.1, -0.05) is 42.5 Å². The van der Waals surface area contributed by atoms with Crippen molar-refractivity contribution in [3.63, 3.8) is 0 Å². The van der Waals surface area contributed by atoms with E-state index in [1.807, 2.05) is 48.6 Å². The monoisotopic (exact) mass is 268 g/mol. The molecule has 2 rings (SSSR count). The number of hydrogen-bond acceptors (Lipinski definition) is 3. The molecule has 2 aromatic rings. The van der Waals surface area contributed by atoms with Gasteiger partial charge >= 0.3 is 5.97 Å². The highest BCUT2D eigenvalue weighted by Gasteiger charge is 2.08. The first-order valence-electron chi connectivity index (χ1n) is 6.23. The maximum atomic E-state index is 11.6. The van der Waals surface area contributed by atoms with Gasteiger partial charge in [-0.15, -0.1) is 0 Å². The Kier molecular flexibility index (Phi) is 4.56. The summed E-state index contributed by atoms with van der Waals surface area (Å²) < 4.78 is 9.94. The SMILES string of the molecule is COC(=O)c1cc(C=Cc2ccccc2)cc(OC)c1. The van der Waals surface area contributed by atoms with E-state index in [0.717, 1.165) is 11.1 Å². The van der Waals surface area contributed by atoms with Crippen molar-refractivity contribution in [1.82, 2.24) is 0 Å². The van der Waals surface area contributed by atoms with Gasteiger partial charge in [0.05, 0.1) is 19.8 Å². The molecule has 0 atom stereocenters. The summed E-state index contributed by atoms with van der Waals surface area (Å²) >= 11 is 0. The molecule has 0 fully saturated rings. The molecule has 0 amide bonds. The summed E-state index contributed by atoms with van der Waals surface area (Å²) in [6.07, 6.45) is 3.92. The molecule has 0 radical (unpaired) electrons. The Morgan fingerprint density at radius 3 is 2.30 bits per heavy atom. The lowest BCUT2D eigenvalue weighted by molar-refractivity contribution is 0.0600. The minimum absolute atomic E-state index is 0.377. The standard InChI is InChI=1S/C17H16O3/c1-19-16-11-14(10-15(12-16)17(18)20-2)9-8-13-6-4-3-5-7-13/h3-12H,1-2H3. The number of carbonyl (C=O) groups is 1. The summed E-state index contributed by atoms with van der Waals surface area (Å²) in [4.78, 5) is 11.6.